The van der Waals surface area contributed by atoms with Crippen LogP contribution in [0.3, 0.4) is 0 Å². The summed E-state index contributed by atoms with van der Waals surface area (Å²) < 4.78 is 5.22. The van der Waals surface area contributed by atoms with Gasteiger partial charge in [0, 0.05) is 35.1 Å². The summed E-state index contributed by atoms with van der Waals surface area (Å²) in [6.45, 7) is 2.72. The molecule has 4 aliphatic rings. The van der Waals surface area contributed by atoms with Gasteiger partial charge in [0.1, 0.15) is 5.41 Å². The summed E-state index contributed by atoms with van der Waals surface area (Å²) in [5.41, 5.74) is 4.12. The van der Waals surface area contributed by atoms with Crippen molar-refractivity contribution < 1.29 is 14.6 Å². The smallest absolute Gasteiger partial charge is 0.316 e. The van der Waals surface area contributed by atoms with Gasteiger partial charge in [0.25, 0.3) is 0 Å². The molecule has 4 aliphatic heterocycles. The van der Waals surface area contributed by atoms with Crippen molar-refractivity contribution in [2.24, 2.45) is 11.3 Å². The molecule has 136 valence electrons. The molecule has 1 aromatic carbocycles. The van der Waals surface area contributed by atoms with Gasteiger partial charge < -0.3 is 14.8 Å². The van der Waals surface area contributed by atoms with E-state index in [1.54, 1.807) is 0 Å². The number of fused-ring (bicyclic) bond motifs is 4. The molecule has 6 rings (SSSR count). The highest BCUT2D eigenvalue weighted by atomic mass is 16.5. The number of allylic oxidation sites excluding steroid dienone is 1. The van der Waals surface area contributed by atoms with E-state index in [1.807, 2.05) is 13.0 Å². The second kappa shape index (κ2) is 5.44. The average Bonchev–Trinajstić information content (AvgIpc) is 3.06. The first kappa shape index (κ1) is 16.1. The van der Waals surface area contributed by atoms with E-state index in [0.29, 0.717) is 0 Å². The molecule has 5 heteroatoms. The van der Waals surface area contributed by atoms with Crippen LogP contribution in [0.5, 0.6) is 0 Å². The third-order valence-corrected chi connectivity index (χ3v) is 7.06. The highest BCUT2D eigenvalue weighted by Crippen LogP contribution is 2.59. The van der Waals surface area contributed by atoms with Crippen molar-refractivity contribution in [1.82, 2.24) is 9.88 Å². The van der Waals surface area contributed by atoms with Gasteiger partial charge in [0.15, 0.2) is 0 Å². The number of nitrogens with one attached hydrogen (secondary N) is 1. The highest BCUT2D eigenvalue weighted by Gasteiger charge is 2.64. The summed E-state index contributed by atoms with van der Waals surface area (Å²) >= 11 is 0. The Labute approximate surface area is 152 Å². The van der Waals surface area contributed by atoms with Crippen LogP contribution >= 0.6 is 0 Å². The molecule has 0 radical (unpaired) electrons. The van der Waals surface area contributed by atoms with E-state index in [0.717, 1.165) is 24.9 Å². The second-order valence-corrected chi connectivity index (χ2v) is 7.81. The maximum atomic E-state index is 12.9. The first-order chi connectivity index (χ1) is 12.7. The molecule has 2 N–H and O–H groups in total. The molecule has 0 amide bonds. The molecule has 2 aromatic rings. The van der Waals surface area contributed by atoms with Crippen LogP contribution in [0.25, 0.3) is 10.9 Å². The number of ether oxygens (including phenoxy) is 1. The van der Waals surface area contributed by atoms with Gasteiger partial charge in [0.05, 0.1) is 19.8 Å². The van der Waals surface area contributed by atoms with Crippen LogP contribution < -0.4 is 0 Å². The second-order valence-electron chi connectivity index (χ2n) is 7.81. The van der Waals surface area contributed by atoms with Crippen LogP contribution in [0.4, 0.5) is 0 Å². The number of carbonyl (C=O) groups excluding carboxylic acids is 1. The summed E-state index contributed by atoms with van der Waals surface area (Å²) in [7, 11) is 1.43. The van der Waals surface area contributed by atoms with Gasteiger partial charge in [-0.1, -0.05) is 29.8 Å². The number of aliphatic hydroxyl groups is 1. The van der Waals surface area contributed by atoms with Gasteiger partial charge in [-0.25, -0.2) is 0 Å². The minimum absolute atomic E-state index is 0.0286. The van der Waals surface area contributed by atoms with Gasteiger partial charge in [-0.2, -0.15) is 0 Å². The van der Waals surface area contributed by atoms with Gasteiger partial charge in [-0.05, 0) is 31.4 Å². The van der Waals surface area contributed by atoms with Crippen LogP contribution in [0.1, 0.15) is 30.6 Å². The van der Waals surface area contributed by atoms with Gasteiger partial charge in [-0.15, -0.1) is 0 Å². The largest absolute Gasteiger partial charge is 0.468 e. The predicted molar refractivity (Wildman–Crippen MR) is 98.6 cm³/mol. The zero-order valence-corrected chi connectivity index (χ0v) is 15.2. The van der Waals surface area contributed by atoms with Crippen LogP contribution in [0, 0.1) is 11.3 Å². The molecule has 1 aromatic heterocycles. The zero-order chi connectivity index (χ0) is 18.1. The molecule has 0 spiro atoms. The highest BCUT2D eigenvalue weighted by molar-refractivity contribution is 5.86. The monoisotopic (exact) mass is 352 g/mol. The minimum Gasteiger partial charge on any atom is -0.468 e. The van der Waals surface area contributed by atoms with Crippen LogP contribution in [0.2, 0.25) is 0 Å². The molecule has 26 heavy (non-hydrogen) atoms. The fraction of sp³-hybridized carbons (Fsp3) is 0.476. The van der Waals surface area contributed by atoms with Crippen LogP contribution in [-0.2, 0) is 16.0 Å². The Morgan fingerprint density at radius 2 is 2.27 bits per heavy atom. The summed E-state index contributed by atoms with van der Waals surface area (Å²) in [5, 5.41) is 11.7. The third-order valence-electron chi connectivity index (χ3n) is 7.06. The lowest BCUT2D eigenvalue weighted by atomic mass is 9.55. The molecule has 5 unspecified atom stereocenters. The van der Waals surface area contributed by atoms with E-state index in [9.17, 15) is 9.90 Å². The molecular weight excluding hydrogens is 328 g/mol. The Bertz CT molecular complexity index is 930. The first-order valence-corrected chi connectivity index (χ1v) is 9.35. The minimum atomic E-state index is -0.874. The van der Waals surface area contributed by atoms with E-state index >= 15 is 0 Å². The average molecular weight is 352 g/mol. The number of esters is 1. The zero-order valence-electron chi connectivity index (χ0n) is 15.2. The van der Waals surface area contributed by atoms with Crippen LogP contribution in [0.15, 0.2) is 35.9 Å². The molecule has 5 heterocycles. The van der Waals surface area contributed by atoms with E-state index in [-0.39, 0.29) is 30.6 Å². The van der Waals surface area contributed by atoms with E-state index in [1.165, 1.54) is 29.3 Å². The number of rotatable bonds is 2. The van der Waals surface area contributed by atoms with Crippen molar-refractivity contribution in [3.63, 3.8) is 0 Å². The molecule has 0 saturated carbocycles. The fourth-order valence-electron chi connectivity index (χ4n) is 5.88. The van der Waals surface area contributed by atoms with Gasteiger partial charge >= 0.3 is 5.97 Å². The number of aromatic nitrogens is 1. The number of nitrogens with zero attached hydrogens (tertiary/aromatic N) is 1. The number of para-hydroxylation sites is 1. The Kier molecular flexibility index (Phi) is 3.37. The number of H-pyrrole nitrogens is 1. The summed E-state index contributed by atoms with van der Waals surface area (Å²) in [6.07, 6.45) is 3.72. The predicted octanol–water partition coefficient (Wildman–Crippen LogP) is 2.57. The van der Waals surface area contributed by atoms with E-state index < -0.39 is 5.41 Å². The van der Waals surface area contributed by atoms with Crippen molar-refractivity contribution in [2.75, 3.05) is 20.3 Å². The number of aromatic amines is 1. The van der Waals surface area contributed by atoms with Crippen molar-refractivity contribution in [3.8, 4) is 0 Å². The lowest BCUT2D eigenvalue weighted by molar-refractivity contribution is -0.183. The third kappa shape index (κ3) is 1.75. The molecule has 3 saturated heterocycles. The van der Waals surface area contributed by atoms with Crippen molar-refractivity contribution in [1.29, 1.82) is 0 Å². The molecule has 4 bridgehead atoms. The number of hydrogen-bond acceptors (Lipinski definition) is 4. The summed E-state index contributed by atoms with van der Waals surface area (Å²) in [6, 6.07) is 8.61. The molecule has 3 fully saturated rings. The SMILES string of the molecule is C/C=C1\CN2C3CC1C(CO)(C(=O)OC)C2Cc1c3[nH]c2ccccc12. The molecule has 0 aliphatic carbocycles. The number of piperidine rings is 3. The number of aliphatic hydroxyl groups excluding tert-OH is 1. The quantitative estimate of drug-likeness (QED) is 0.644. The number of hydrogen-bond donors (Lipinski definition) is 2. The molecule has 5 nitrogen and oxygen atoms in total. The van der Waals surface area contributed by atoms with Crippen LogP contribution in [-0.4, -0.2) is 47.3 Å². The van der Waals surface area contributed by atoms with Crippen molar-refractivity contribution in [3.05, 3.63) is 47.2 Å². The number of carbonyl (C=O) groups is 1. The fourth-order valence-corrected chi connectivity index (χ4v) is 5.88. The topological polar surface area (TPSA) is 65.6 Å². The number of benzene rings is 1. The first-order valence-electron chi connectivity index (χ1n) is 9.35. The van der Waals surface area contributed by atoms with Gasteiger partial charge in [0.2, 0.25) is 0 Å². The number of methoxy groups -OCH3 is 1. The summed E-state index contributed by atoms with van der Waals surface area (Å²) in [4.78, 5) is 19.0. The maximum Gasteiger partial charge on any atom is 0.316 e. The lowest BCUT2D eigenvalue weighted by Crippen LogP contribution is -2.69. The van der Waals surface area contributed by atoms with Crippen molar-refractivity contribution in [2.45, 2.75) is 31.8 Å². The Hall–Kier alpha value is -2.11. The standard InChI is InChI=1S/C21H24N2O3/c1-3-12-10-23-17-9-15(12)21(11-24,20(25)26-2)18(23)8-14-13-6-4-5-7-16(13)22-19(14)17/h3-7,15,17-18,22,24H,8-11H2,1-2H3/b12-3+. The van der Waals surface area contributed by atoms with Gasteiger partial charge in [-0.3, -0.25) is 9.69 Å². The van der Waals surface area contributed by atoms with E-state index in [4.69, 9.17) is 4.74 Å². The normalized spacial score (nSPS) is 36.3. The summed E-state index contributed by atoms with van der Waals surface area (Å²) in [5.74, 6) is -0.245. The Balaban J connectivity index is 1.73. The molecule has 5 atom stereocenters. The maximum absolute atomic E-state index is 12.9. The Morgan fingerprint density at radius 3 is 3.00 bits per heavy atom. The van der Waals surface area contributed by atoms with Crippen molar-refractivity contribution >= 4 is 16.9 Å². The van der Waals surface area contributed by atoms with E-state index in [2.05, 4.69) is 34.2 Å². The lowest BCUT2D eigenvalue weighted by Gasteiger charge is -2.62. The Morgan fingerprint density at radius 1 is 1.46 bits per heavy atom. The molecular formula is C21H24N2O3.